The van der Waals surface area contributed by atoms with E-state index in [-0.39, 0.29) is 10.8 Å². The normalized spacial score (nSPS) is 18.9. The molecule has 0 aromatic heterocycles. The van der Waals surface area contributed by atoms with Crippen LogP contribution in [0.5, 0.6) is 0 Å². The van der Waals surface area contributed by atoms with Crippen LogP contribution in [0.2, 0.25) is 0 Å². The summed E-state index contributed by atoms with van der Waals surface area (Å²) < 4.78 is 32.1. The third-order valence-electron chi connectivity index (χ3n) is 4.77. The van der Waals surface area contributed by atoms with Gasteiger partial charge in [-0.05, 0) is 31.9 Å². The van der Waals surface area contributed by atoms with Gasteiger partial charge >= 0.3 is 0 Å². The Hall–Kier alpha value is -2.02. The van der Waals surface area contributed by atoms with Crippen molar-refractivity contribution in [3.8, 4) is 0 Å². The fourth-order valence-electron chi connectivity index (χ4n) is 3.30. The first-order valence-corrected chi connectivity index (χ1v) is 10.4. The number of rotatable bonds is 3. The van der Waals surface area contributed by atoms with Crippen molar-refractivity contribution in [3.05, 3.63) is 65.7 Å². The molecule has 1 unspecified atom stereocenters. The van der Waals surface area contributed by atoms with Crippen molar-refractivity contribution in [2.45, 2.75) is 24.7 Å². The molecule has 0 saturated carbocycles. The second-order valence-corrected chi connectivity index (χ2v) is 9.06. The smallest absolute Gasteiger partial charge is 0.171 e. The number of likely N-dealkylation sites (tertiary alicyclic amines) is 1. The van der Waals surface area contributed by atoms with Gasteiger partial charge in [0, 0.05) is 5.56 Å². The fourth-order valence-corrected chi connectivity index (χ4v) is 3.77. The van der Waals surface area contributed by atoms with Gasteiger partial charge in [0.25, 0.3) is 0 Å². The number of ketones is 1. The molecule has 1 atom stereocenters. The van der Waals surface area contributed by atoms with Crippen molar-refractivity contribution >= 4 is 15.9 Å². The van der Waals surface area contributed by atoms with Gasteiger partial charge in [-0.2, -0.15) is 0 Å². The summed E-state index contributed by atoms with van der Waals surface area (Å²) in [5.41, 5.74) is 1.80. The quantitative estimate of drug-likeness (QED) is 0.459. The molecule has 27 heavy (non-hydrogen) atoms. The summed E-state index contributed by atoms with van der Waals surface area (Å²) in [7, 11) is 0.156. The van der Waals surface area contributed by atoms with Gasteiger partial charge in [0.05, 0.1) is 38.0 Å². The molecule has 1 aliphatic rings. The molecule has 0 bridgehead atoms. The second kappa shape index (κ2) is 8.78. The van der Waals surface area contributed by atoms with Crippen molar-refractivity contribution in [1.82, 2.24) is 0 Å². The molecular weight excluding hydrogens is 362 g/mol. The van der Waals surface area contributed by atoms with Gasteiger partial charge in [-0.1, -0.05) is 48.0 Å². The number of aryl methyl sites for hydroxylation is 1. The van der Waals surface area contributed by atoms with Gasteiger partial charge < -0.3 is 9.04 Å². The highest BCUT2D eigenvalue weighted by atomic mass is 32.2. The Labute approximate surface area is 162 Å². The molecular formula is C21H27NO4S. The summed E-state index contributed by atoms with van der Waals surface area (Å²) in [6.07, 6.45) is 2.21. The number of hydrogen-bond acceptors (Lipinski definition) is 4. The van der Waals surface area contributed by atoms with Crippen molar-refractivity contribution < 1.29 is 22.2 Å². The molecule has 2 aromatic rings. The van der Waals surface area contributed by atoms with Crippen LogP contribution in [0.1, 0.15) is 28.8 Å². The monoisotopic (exact) mass is 389 g/mol. The van der Waals surface area contributed by atoms with E-state index in [4.69, 9.17) is 0 Å². The lowest BCUT2D eigenvalue weighted by Gasteiger charge is -2.37. The van der Waals surface area contributed by atoms with Crippen LogP contribution in [0.25, 0.3) is 0 Å². The van der Waals surface area contributed by atoms with Crippen LogP contribution in [-0.2, 0) is 10.1 Å². The number of piperidine rings is 1. The van der Waals surface area contributed by atoms with Crippen molar-refractivity contribution in [1.29, 1.82) is 0 Å². The van der Waals surface area contributed by atoms with E-state index in [0.29, 0.717) is 5.78 Å². The van der Waals surface area contributed by atoms with Gasteiger partial charge in [0.1, 0.15) is 10.1 Å². The van der Waals surface area contributed by atoms with E-state index in [1.807, 2.05) is 37.3 Å². The number of Topliss-reactive ketones (excluding diaryl/α,β-unsaturated/α-hetero) is 1. The SMILES string of the molecule is C[N+]1(C)CCCC(C(=O)c2ccccc2)C1.Cc1ccc(S(=O)(=O)[O-])cc1. The molecule has 5 nitrogen and oxygen atoms in total. The van der Waals surface area contributed by atoms with E-state index >= 15 is 0 Å². The van der Waals surface area contributed by atoms with Gasteiger partial charge in [0.15, 0.2) is 5.78 Å². The molecule has 0 radical (unpaired) electrons. The van der Waals surface area contributed by atoms with Gasteiger partial charge in [0.2, 0.25) is 0 Å². The van der Waals surface area contributed by atoms with Crippen LogP contribution >= 0.6 is 0 Å². The fraction of sp³-hybridized carbons (Fsp3) is 0.381. The lowest BCUT2D eigenvalue weighted by molar-refractivity contribution is -0.897. The van der Waals surface area contributed by atoms with Crippen molar-refractivity contribution in [2.24, 2.45) is 5.92 Å². The third kappa shape index (κ3) is 6.57. The molecule has 1 heterocycles. The minimum atomic E-state index is -4.27. The number of nitrogens with zero attached hydrogens (tertiary/aromatic N) is 1. The van der Waals surface area contributed by atoms with Gasteiger partial charge in [-0.15, -0.1) is 0 Å². The minimum absolute atomic E-state index is 0.178. The Bertz CT molecular complexity index is 859. The topological polar surface area (TPSA) is 74.3 Å². The molecule has 0 spiro atoms. The molecule has 0 N–H and O–H groups in total. The highest BCUT2D eigenvalue weighted by molar-refractivity contribution is 7.85. The zero-order chi connectivity index (χ0) is 20.1. The molecule has 0 aliphatic carbocycles. The standard InChI is InChI=1S/C14H20NO.C7H8O3S/c1-15(2)10-6-9-13(11-15)14(16)12-7-4-3-5-8-12;1-6-2-4-7(5-3-6)11(8,9)10/h3-5,7-8,13H,6,9-11H2,1-2H3;2-5H,1H3,(H,8,9,10)/q+1;/p-1. The third-order valence-corrected chi connectivity index (χ3v) is 5.62. The number of quaternary nitrogens is 1. The molecule has 3 rings (SSSR count). The highest BCUT2D eigenvalue weighted by Gasteiger charge is 2.32. The number of hydrogen-bond donors (Lipinski definition) is 0. The van der Waals surface area contributed by atoms with E-state index in [0.717, 1.165) is 35.0 Å². The van der Waals surface area contributed by atoms with E-state index in [1.165, 1.54) is 18.7 Å². The highest BCUT2D eigenvalue weighted by Crippen LogP contribution is 2.23. The zero-order valence-corrected chi connectivity index (χ0v) is 16.9. The van der Waals surface area contributed by atoms with E-state index in [2.05, 4.69) is 14.1 Å². The van der Waals surface area contributed by atoms with Crippen LogP contribution in [-0.4, -0.2) is 50.4 Å². The molecule has 1 aliphatic heterocycles. The van der Waals surface area contributed by atoms with Crippen LogP contribution in [0, 0.1) is 12.8 Å². The zero-order valence-electron chi connectivity index (χ0n) is 16.1. The summed E-state index contributed by atoms with van der Waals surface area (Å²) in [6.45, 7) is 3.99. The second-order valence-electron chi connectivity index (χ2n) is 7.68. The molecule has 2 aromatic carbocycles. The van der Waals surface area contributed by atoms with E-state index in [1.54, 1.807) is 12.1 Å². The lowest BCUT2D eigenvalue weighted by Crippen LogP contribution is -2.49. The maximum atomic E-state index is 12.3. The maximum absolute atomic E-state index is 12.3. The van der Waals surface area contributed by atoms with Crippen LogP contribution in [0.15, 0.2) is 59.5 Å². The largest absolute Gasteiger partial charge is 0.744 e. The van der Waals surface area contributed by atoms with Crippen molar-refractivity contribution in [2.75, 3.05) is 27.2 Å². The molecule has 0 amide bonds. The molecule has 1 fully saturated rings. The Morgan fingerprint density at radius 1 is 1.04 bits per heavy atom. The Kier molecular flexibility index (Phi) is 6.92. The van der Waals surface area contributed by atoms with Gasteiger partial charge in [-0.25, -0.2) is 8.42 Å². The molecule has 1 saturated heterocycles. The first kappa shape index (κ1) is 21.3. The summed E-state index contributed by atoms with van der Waals surface area (Å²) in [6, 6.07) is 15.5. The summed E-state index contributed by atoms with van der Waals surface area (Å²) in [5.74, 6) is 0.539. The average Bonchev–Trinajstić information content (AvgIpc) is 2.61. The lowest BCUT2D eigenvalue weighted by atomic mass is 9.89. The molecule has 6 heteroatoms. The predicted octanol–water partition coefficient (Wildman–Crippen LogP) is 3.25. The Balaban J connectivity index is 0.000000208. The number of carbonyl (C=O) groups is 1. The maximum Gasteiger partial charge on any atom is 0.171 e. The minimum Gasteiger partial charge on any atom is -0.744 e. The Morgan fingerprint density at radius 2 is 1.63 bits per heavy atom. The first-order valence-electron chi connectivity index (χ1n) is 9.02. The summed E-state index contributed by atoms with van der Waals surface area (Å²) in [4.78, 5) is 12.1. The van der Waals surface area contributed by atoms with Gasteiger partial charge in [-0.3, -0.25) is 4.79 Å². The van der Waals surface area contributed by atoms with E-state index in [9.17, 15) is 17.8 Å². The Morgan fingerprint density at radius 3 is 2.15 bits per heavy atom. The molecule has 146 valence electrons. The average molecular weight is 390 g/mol. The van der Waals surface area contributed by atoms with E-state index < -0.39 is 10.1 Å². The first-order chi connectivity index (χ1) is 12.6. The summed E-state index contributed by atoms with van der Waals surface area (Å²) >= 11 is 0. The van der Waals surface area contributed by atoms with Crippen LogP contribution in [0.4, 0.5) is 0 Å². The van der Waals surface area contributed by atoms with Crippen LogP contribution in [0.3, 0.4) is 0 Å². The van der Waals surface area contributed by atoms with Crippen LogP contribution < -0.4 is 0 Å². The number of benzene rings is 2. The number of carbonyl (C=O) groups excluding carboxylic acids is 1. The predicted molar refractivity (Wildman–Crippen MR) is 104 cm³/mol. The summed E-state index contributed by atoms with van der Waals surface area (Å²) in [5, 5.41) is 0. The van der Waals surface area contributed by atoms with Crippen molar-refractivity contribution in [3.63, 3.8) is 0 Å².